The lowest BCUT2D eigenvalue weighted by atomic mass is 10.1. The molecule has 100 valence electrons. The van der Waals surface area contributed by atoms with E-state index in [2.05, 4.69) is 28.2 Å². The zero-order chi connectivity index (χ0) is 13.3. The Morgan fingerprint density at radius 1 is 1.39 bits per heavy atom. The molecular weight excluding hydrogens is 316 g/mol. The standard InChI is InChI=1S/C12H17BrN2O2S/c1-8-2-3-9(6-8)15-12-5-4-10(7-11(12)13)18(14,16)17/h4-5,7-9,15H,2-3,6H2,1H3,(H2,14,16,17). The van der Waals surface area contributed by atoms with Gasteiger partial charge < -0.3 is 5.32 Å². The van der Waals surface area contributed by atoms with Gasteiger partial charge in [0.05, 0.1) is 4.90 Å². The Morgan fingerprint density at radius 2 is 2.11 bits per heavy atom. The van der Waals surface area contributed by atoms with Gasteiger partial charge in [-0.3, -0.25) is 0 Å². The number of halogens is 1. The first-order valence-corrected chi connectivity index (χ1v) is 8.29. The van der Waals surface area contributed by atoms with Crippen LogP contribution in [-0.2, 0) is 10.0 Å². The van der Waals surface area contributed by atoms with E-state index < -0.39 is 10.0 Å². The molecule has 0 radical (unpaired) electrons. The molecule has 0 spiro atoms. The summed E-state index contributed by atoms with van der Waals surface area (Å²) in [5.74, 6) is 0.755. The van der Waals surface area contributed by atoms with E-state index in [0.717, 1.165) is 28.9 Å². The Kier molecular flexibility index (Phi) is 3.99. The molecular formula is C12H17BrN2O2S. The second-order valence-electron chi connectivity index (χ2n) is 4.95. The van der Waals surface area contributed by atoms with Crippen molar-refractivity contribution in [1.29, 1.82) is 0 Å². The van der Waals surface area contributed by atoms with Crippen LogP contribution in [0.5, 0.6) is 0 Å². The van der Waals surface area contributed by atoms with E-state index in [4.69, 9.17) is 5.14 Å². The van der Waals surface area contributed by atoms with Crippen LogP contribution in [0.4, 0.5) is 5.69 Å². The Labute approximate surface area is 116 Å². The van der Waals surface area contributed by atoms with Crippen molar-refractivity contribution in [3.8, 4) is 0 Å². The zero-order valence-electron chi connectivity index (χ0n) is 10.2. The molecule has 4 nitrogen and oxygen atoms in total. The maximum absolute atomic E-state index is 11.2. The highest BCUT2D eigenvalue weighted by Crippen LogP contribution is 2.31. The van der Waals surface area contributed by atoms with Gasteiger partial charge in [-0.1, -0.05) is 6.92 Å². The van der Waals surface area contributed by atoms with Crippen molar-refractivity contribution >= 4 is 31.6 Å². The minimum absolute atomic E-state index is 0.125. The van der Waals surface area contributed by atoms with Gasteiger partial charge in [0.15, 0.2) is 0 Å². The summed E-state index contributed by atoms with van der Waals surface area (Å²) >= 11 is 3.38. The van der Waals surface area contributed by atoms with Gasteiger partial charge in [0.2, 0.25) is 10.0 Å². The van der Waals surface area contributed by atoms with Gasteiger partial charge in [-0.15, -0.1) is 0 Å². The van der Waals surface area contributed by atoms with Gasteiger partial charge in [-0.25, -0.2) is 13.6 Å². The van der Waals surface area contributed by atoms with Gasteiger partial charge >= 0.3 is 0 Å². The summed E-state index contributed by atoms with van der Waals surface area (Å²) in [5, 5.41) is 8.52. The second-order valence-corrected chi connectivity index (χ2v) is 7.36. The van der Waals surface area contributed by atoms with Crippen LogP contribution in [0.25, 0.3) is 0 Å². The summed E-state index contributed by atoms with van der Waals surface area (Å²) in [5.41, 5.74) is 0.918. The fourth-order valence-electron chi connectivity index (χ4n) is 2.35. The quantitative estimate of drug-likeness (QED) is 0.893. The average molecular weight is 333 g/mol. The van der Waals surface area contributed by atoms with Crippen molar-refractivity contribution in [3.05, 3.63) is 22.7 Å². The van der Waals surface area contributed by atoms with Crippen LogP contribution in [0.1, 0.15) is 26.2 Å². The molecule has 2 rings (SSSR count). The lowest BCUT2D eigenvalue weighted by molar-refractivity contribution is 0.597. The predicted octanol–water partition coefficient (Wildman–Crippen LogP) is 2.70. The molecule has 0 aliphatic heterocycles. The van der Waals surface area contributed by atoms with E-state index in [1.165, 1.54) is 18.6 Å². The molecule has 2 atom stereocenters. The minimum Gasteiger partial charge on any atom is -0.381 e. The zero-order valence-corrected chi connectivity index (χ0v) is 12.6. The summed E-state index contributed by atoms with van der Waals surface area (Å²) in [6.45, 7) is 2.25. The number of benzene rings is 1. The molecule has 1 aromatic rings. The van der Waals surface area contributed by atoms with Crippen molar-refractivity contribution in [2.45, 2.75) is 37.1 Å². The fraction of sp³-hybridized carbons (Fsp3) is 0.500. The Bertz CT molecular complexity index is 545. The number of nitrogens with two attached hydrogens (primary N) is 1. The number of hydrogen-bond acceptors (Lipinski definition) is 3. The molecule has 6 heteroatoms. The van der Waals surface area contributed by atoms with E-state index in [1.807, 2.05) is 0 Å². The van der Waals surface area contributed by atoms with Crippen LogP contribution in [0.15, 0.2) is 27.6 Å². The van der Waals surface area contributed by atoms with Gasteiger partial charge in [0, 0.05) is 16.2 Å². The fourth-order valence-corrected chi connectivity index (χ4v) is 3.53. The molecule has 0 bridgehead atoms. The Balaban J connectivity index is 2.15. The van der Waals surface area contributed by atoms with Crippen LogP contribution >= 0.6 is 15.9 Å². The van der Waals surface area contributed by atoms with Crippen LogP contribution in [-0.4, -0.2) is 14.5 Å². The van der Waals surface area contributed by atoms with Crippen LogP contribution < -0.4 is 10.5 Å². The number of primary sulfonamides is 1. The normalized spacial score (nSPS) is 24.2. The molecule has 0 saturated heterocycles. The summed E-state index contributed by atoms with van der Waals surface area (Å²) < 4.78 is 23.2. The van der Waals surface area contributed by atoms with E-state index in [1.54, 1.807) is 6.07 Å². The highest BCUT2D eigenvalue weighted by molar-refractivity contribution is 9.10. The molecule has 1 aliphatic rings. The molecule has 0 amide bonds. The lowest BCUT2D eigenvalue weighted by Gasteiger charge is -2.15. The summed E-state index contributed by atoms with van der Waals surface area (Å²) in [7, 11) is -3.64. The molecule has 2 unspecified atom stereocenters. The predicted molar refractivity (Wildman–Crippen MR) is 75.9 cm³/mol. The maximum atomic E-state index is 11.2. The number of nitrogens with one attached hydrogen (secondary N) is 1. The lowest BCUT2D eigenvalue weighted by Crippen LogP contribution is -2.16. The first-order chi connectivity index (χ1) is 8.36. The molecule has 18 heavy (non-hydrogen) atoms. The number of anilines is 1. The number of hydrogen-bond donors (Lipinski definition) is 2. The van der Waals surface area contributed by atoms with E-state index >= 15 is 0 Å². The molecule has 1 aliphatic carbocycles. The van der Waals surface area contributed by atoms with E-state index in [9.17, 15) is 8.42 Å². The number of sulfonamides is 1. The monoisotopic (exact) mass is 332 g/mol. The van der Waals surface area contributed by atoms with Gasteiger partial charge in [0.25, 0.3) is 0 Å². The van der Waals surface area contributed by atoms with Crippen LogP contribution in [0, 0.1) is 5.92 Å². The topological polar surface area (TPSA) is 72.2 Å². The van der Waals surface area contributed by atoms with Crippen LogP contribution in [0.2, 0.25) is 0 Å². The van der Waals surface area contributed by atoms with Gasteiger partial charge in [-0.2, -0.15) is 0 Å². The van der Waals surface area contributed by atoms with Crippen molar-refractivity contribution in [3.63, 3.8) is 0 Å². The molecule has 0 aromatic heterocycles. The third-order valence-electron chi connectivity index (χ3n) is 3.32. The Hall–Kier alpha value is -0.590. The first-order valence-electron chi connectivity index (χ1n) is 5.95. The molecule has 1 fully saturated rings. The molecule has 0 heterocycles. The molecule has 1 aromatic carbocycles. The van der Waals surface area contributed by atoms with Crippen molar-refractivity contribution < 1.29 is 8.42 Å². The molecule has 3 N–H and O–H groups in total. The summed E-state index contributed by atoms with van der Waals surface area (Å²) in [6, 6.07) is 5.29. The summed E-state index contributed by atoms with van der Waals surface area (Å²) in [6.07, 6.45) is 3.55. The van der Waals surface area contributed by atoms with E-state index in [-0.39, 0.29) is 4.90 Å². The Morgan fingerprint density at radius 3 is 2.61 bits per heavy atom. The SMILES string of the molecule is CC1CCC(Nc2ccc(S(N)(=O)=O)cc2Br)C1. The second kappa shape index (κ2) is 5.19. The van der Waals surface area contributed by atoms with Crippen molar-refractivity contribution in [1.82, 2.24) is 0 Å². The van der Waals surface area contributed by atoms with Gasteiger partial charge in [-0.05, 0) is 59.3 Å². The van der Waals surface area contributed by atoms with Crippen LogP contribution in [0.3, 0.4) is 0 Å². The molecule has 1 saturated carbocycles. The highest BCUT2D eigenvalue weighted by Gasteiger charge is 2.21. The highest BCUT2D eigenvalue weighted by atomic mass is 79.9. The smallest absolute Gasteiger partial charge is 0.238 e. The third kappa shape index (κ3) is 3.24. The third-order valence-corrected chi connectivity index (χ3v) is 4.89. The largest absolute Gasteiger partial charge is 0.381 e. The summed E-state index contributed by atoms with van der Waals surface area (Å²) in [4.78, 5) is 0.125. The minimum atomic E-state index is -3.64. The average Bonchev–Trinajstić information content (AvgIpc) is 2.65. The van der Waals surface area contributed by atoms with Crippen molar-refractivity contribution in [2.75, 3.05) is 5.32 Å². The van der Waals surface area contributed by atoms with E-state index in [0.29, 0.717) is 6.04 Å². The van der Waals surface area contributed by atoms with Crippen molar-refractivity contribution in [2.24, 2.45) is 11.1 Å². The van der Waals surface area contributed by atoms with Gasteiger partial charge in [0.1, 0.15) is 0 Å². The first kappa shape index (κ1) is 13.8. The number of rotatable bonds is 3. The maximum Gasteiger partial charge on any atom is 0.238 e.